The molecule has 0 atom stereocenters. The molecule has 1 saturated heterocycles. The number of aromatic nitrogens is 4. The number of carbonyl (C=O) groups excluding carboxylic acids is 1. The van der Waals surface area contributed by atoms with Crippen LogP contribution in [0, 0.1) is 0 Å². The standard InChI is InChI=1S/C22H20F3N5O/c23-20(24)18-4-3-15(13-28-18)12-22(25)6-10-30(11-7-22)21(31)16-2-1-8-27-19(16)17-5-9-26-14-29-17/h1-5,8-9,13-14,20H,6-7,10-12H2. The SMILES string of the molecule is O=C(c1cccnc1-c1ccncn1)N1CCC(F)(Cc2ccc(C(F)F)nc2)CC1. The zero-order valence-corrected chi connectivity index (χ0v) is 16.6. The highest BCUT2D eigenvalue weighted by molar-refractivity contribution is 5.99. The minimum atomic E-state index is -2.65. The lowest BCUT2D eigenvalue weighted by atomic mass is 9.87. The fourth-order valence-corrected chi connectivity index (χ4v) is 3.71. The summed E-state index contributed by atoms with van der Waals surface area (Å²) in [5.41, 5.74) is 0.111. The molecule has 0 spiro atoms. The molecule has 9 heteroatoms. The first kappa shape index (κ1) is 20.9. The Morgan fingerprint density at radius 3 is 2.52 bits per heavy atom. The van der Waals surface area contributed by atoms with Crippen molar-refractivity contribution in [2.24, 2.45) is 0 Å². The number of hydrogen-bond acceptors (Lipinski definition) is 5. The van der Waals surface area contributed by atoms with E-state index in [2.05, 4.69) is 19.9 Å². The first-order valence-corrected chi connectivity index (χ1v) is 9.88. The fraction of sp³-hybridized carbons (Fsp3) is 0.318. The van der Waals surface area contributed by atoms with Crippen LogP contribution in [0.25, 0.3) is 11.4 Å². The molecular formula is C22H20F3N5O. The molecule has 3 aromatic heterocycles. The Labute approximate surface area is 177 Å². The number of halogens is 3. The first-order valence-electron chi connectivity index (χ1n) is 9.88. The highest BCUT2D eigenvalue weighted by Crippen LogP contribution is 2.32. The second kappa shape index (κ2) is 8.79. The average molecular weight is 427 g/mol. The van der Waals surface area contributed by atoms with E-state index in [4.69, 9.17) is 0 Å². The Bertz CT molecular complexity index is 1040. The lowest BCUT2D eigenvalue weighted by Crippen LogP contribution is -2.45. The van der Waals surface area contributed by atoms with E-state index in [0.717, 1.165) is 0 Å². The fourth-order valence-electron chi connectivity index (χ4n) is 3.71. The number of piperidine rings is 1. The van der Waals surface area contributed by atoms with Crippen LogP contribution in [0.1, 0.15) is 40.9 Å². The number of pyridine rings is 2. The van der Waals surface area contributed by atoms with Crippen molar-refractivity contribution >= 4 is 5.91 Å². The maximum Gasteiger partial charge on any atom is 0.280 e. The van der Waals surface area contributed by atoms with Gasteiger partial charge in [0.05, 0.1) is 11.3 Å². The van der Waals surface area contributed by atoms with Crippen molar-refractivity contribution in [2.75, 3.05) is 13.1 Å². The summed E-state index contributed by atoms with van der Waals surface area (Å²) in [7, 11) is 0. The molecule has 1 amide bonds. The van der Waals surface area contributed by atoms with Crippen LogP contribution in [-0.4, -0.2) is 49.5 Å². The van der Waals surface area contributed by atoms with Crippen LogP contribution in [0.3, 0.4) is 0 Å². The molecule has 31 heavy (non-hydrogen) atoms. The van der Waals surface area contributed by atoms with Gasteiger partial charge in [-0.1, -0.05) is 6.07 Å². The summed E-state index contributed by atoms with van der Waals surface area (Å²) in [5.74, 6) is -0.230. The average Bonchev–Trinajstić information content (AvgIpc) is 2.80. The molecule has 1 fully saturated rings. The third-order valence-corrected chi connectivity index (χ3v) is 5.40. The molecule has 0 N–H and O–H groups in total. The topological polar surface area (TPSA) is 71.9 Å². The lowest BCUT2D eigenvalue weighted by Gasteiger charge is -2.36. The molecule has 0 aliphatic carbocycles. The molecule has 0 radical (unpaired) electrons. The third kappa shape index (κ3) is 4.70. The first-order chi connectivity index (χ1) is 15.0. The van der Waals surface area contributed by atoms with Crippen molar-refractivity contribution in [3.63, 3.8) is 0 Å². The maximum atomic E-state index is 15.4. The Balaban J connectivity index is 1.44. The van der Waals surface area contributed by atoms with E-state index in [1.54, 1.807) is 35.5 Å². The zero-order valence-electron chi connectivity index (χ0n) is 16.6. The van der Waals surface area contributed by atoms with E-state index in [1.807, 2.05) is 0 Å². The maximum absolute atomic E-state index is 15.4. The molecule has 4 heterocycles. The van der Waals surface area contributed by atoms with Gasteiger partial charge in [0.15, 0.2) is 0 Å². The zero-order chi connectivity index (χ0) is 21.8. The number of rotatable bonds is 5. The number of hydrogen-bond donors (Lipinski definition) is 0. The van der Waals surface area contributed by atoms with Gasteiger partial charge in [-0.2, -0.15) is 0 Å². The van der Waals surface area contributed by atoms with Crippen LogP contribution >= 0.6 is 0 Å². The number of alkyl halides is 3. The van der Waals surface area contributed by atoms with E-state index in [-0.39, 0.29) is 44.0 Å². The summed E-state index contributed by atoms with van der Waals surface area (Å²) in [6.07, 6.45) is 3.57. The van der Waals surface area contributed by atoms with Crippen LogP contribution in [0.5, 0.6) is 0 Å². The lowest BCUT2D eigenvalue weighted by molar-refractivity contribution is 0.0437. The van der Waals surface area contributed by atoms with Crippen molar-refractivity contribution in [1.82, 2.24) is 24.8 Å². The number of likely N-dealkylation sites (tertiary alicyclic amines) is 1. The van der Waals surface area contributed by atoms with Gasteiger partial charge in [0.1, 0.15) is 23.4 Å². The number of nitrogens with zero attached hydrogens (tertiary/aromatic N) is 5. The highest BCUT2D eigenvalue weighted by atomic mass is 19.3. The van der Waals surface area contributed by atoms with Gasteiger partial charge in [0, 0.05) is 38.1 Å². The quantitative estimate of drug-likeness (QED) is 0.614. The van der Waals surface area contributed by atoms with E-state index in [1.165, 1.54) is 24.7 Å². The van der Waals surface area contributed by atoms with E-state index >= 15 is 4.39 Å². The van der Waals surface area contributed by atoms with Crippen LogP contribution in [-0.2, 0) is 6.42 Å². The molecule has 0 aromatic carbocycles. The Morgan fingerprint density at radius 1 is 1.06 bits per heavy atom. The minimum Gasteiger partial charge on any atom is -0.338 e. The van der Waals surface area contributed by atoms with Crippen molar-refractivity contribution in [1.29, 1.82) is 0 Å². The molecular weight excluding hydrogens is 407 g/mol. The van der Waals surface area contributed by atoms with E-state index in [0.29, 0.717) is 22.5 Å². The highest BCUT2D eigenvalue weighted by Gasteiger charge is 2.37. The van der Waals surface area contributed by atoms with Gasteiger partial charge in [0.2, 0.25) is 0 Å². The Hall–Kier alpha value is -3.36. The van der Waals surface area contributed by atoms with Gasteiger partial charge in [0.25, 0.3) is 12.3 Å². The van der Waals surface area contributed by atoms with E-state index < -0.39 is 12.1 Å². The molecule has 0 bridgehead atoms. The summed E-state index contributed by atoms with van der Waals surface area (Å²) in [4.78, 5) is 30.8. The molecule has 3 aromatic rings. The van der Waals surface area contributed by atoms with Gasteiger partial charge in [-0.15, -0.1) is 0 Å². The molecule has 0 saturated carbocycles. The molecule has 160 valence electrons. The van der Waals surface area contributed by atoms with Gasteiger partial charge >= 0.3 is 0 Å². The second-order valence-corrected chi connectivity index (χ2v) is 7.51. The molecule has 0 unspecified atom stereocenters. The van der Waals surface area contributed by atoms with Crippen LogP contribution < -0.4 is 0 Å². The minimum absolute atomic E-state index is 0.0740. The van der Waals surface area contributed by atoms with Crippen LogP contribution in [0.15, 0.2) is 55.2 Å². The predicted molar refractivity (Wildman–Crippen MR) is 107 cm³/mol. The second-order valence-electron chi connectivity index (χ2n) is 7.51. The largest absolute Gasteiger partial charge is 0.338 e. The van der Waals surface area contributed by atoms with Crippen LogP contribution in [0.2, 0.25) is 0 Å². The number of amides is 1. The summed E-state index contributed by atoms with van der Waals surface area (Å²) >= 11 is 0. The van der Waals surface area contributed by atoms with Crippen molar-refractivity contribution in [3.8, 4) is 11.4 Å². The predicted octanol–water partition coefficient (Wildman–Crippen LogP) is 4.06. The van der Waals surface area contributed by atoms with Crippen molar-refractivity contribution in [3.05, 3.63) is 72.1 Å². The summed E-state index contributed by atoms with van der Waals surface area (Å²) in [5, 5.41) is 0. The molecule has 4 rings (SSSR count). The van der Waals surface area contributed by atoms with Gasteiger partial charge in [-0.25, -0.2) is 23.1 Å². The van der Waals surface area contributed by atoms with Crippen LogP contribution in [0.4, 0.5) is 13.2 Å². The summed E-state index contributed by atoms with van der Waals surface area (Å²) in [6.45, 7) is 0.492. The van der Waals surface area contributed by atoms with Gasteiger partial charge in [-0.05, 0) is 42.7 Å². The third-order valence-electron chi connectivity index (χ3n) is 5.40. The molecule has 1 aliphatic rings. The number of carbonyl (C=O) groups is 1. The summed E-state index contributed by atoms with van der Waals surface area (Å²) < 4.78 is 40.6. The smallest absolute Gasteiger partial charge is 0.280 e. The van der Waals surface area contributed by atoms with Gasteiger partial charge in [-0.3, -0.25) is 14.8 Å². The van der Waals surface area contributed by atoms with E-state index in [9.17, 15) is 13.6 Å². The monoisotopic (exact) mass is 427 g/mol. The van der Waals surface area contributed by atoms with Crippen molar-refractivity contribution < 1.29 is 18.0 Å². The molecule has 6 nitrogen and oxygen atoms in total. The normalized spacial score (nSPS) is 15.8. The molecule has 1 aliphatic heterocycles. The summed E-state index contributed by atoms with van der Waals surface area (Å²) in [6, 6.07) is 7.74. The Morgan fingerprint density at radius 2 is 1.87 bits per heavy atom. The Kier molecular flexibility index (Phi) is 5.92. The van der Waals surface area contributed by atoms with Crippen molar-refractivity contribution in [2.45, 2.75) is 31.4 Å². The van der Waals surface area contributed by atoms with Gasteiger partial charge < -0.3 is 4.90 Å².